The van der Waals surface area contributed by atoms with Gasteiger partial charge in [-0.25, -0.2) is 4.79 Å². The monoisotopic (exact) mass is 299 g/mol. The Morgan fingerprint density at radius 3 is 2.71 bits per heavy atom. The molecule has 3 N–H and O–H groups in total. The Hall–Kier alpha value is -1.07. The number of carbonyl (C=O) groups is 1. The minimum atomic E-state index is -0.950. The van der Waals surface area contributed by atoms with Crippen LogP contribution in [0.1, 0.15) is 23.2 Å². The largest absolute Gasteiger partial charge is 0.478 e. The second-order valence-electron chi connectivity index (χ2n) is 4.51. The highest BCUT2D eigenvalue weighted by Crippen LogP contribution is 2.45. The van der Waals surface area contributed by atoms with Gasteiger partial charge in [-0.05, 0) is 31.0 Å². The van der Waals surface area contributed by atoms with Crippen LogP contribution in [0.3, 0.4) is 0 Å². The van der Waals surface area contributed by atoms with Crippen molar-refractivity contribution in [2.24, 2.45) is 5.41 Å². The summed E-state index contributed by atoms with van der Waals surface area (Å²) in [5, 5.41) is 21.4. The van der Waals surface area contributed by atoms with Crippen molar-refractivity contribution in [2.45, 2.75) is 12.8 Å². The van der Waals surface area contributed by atoms with Gasteiger partial charge in [0.15, 0.2) is 0 Å². The van der Waals surface area contributed by atoms with Crippen LogP contribution in [0.15, 0.2) is 22.7 Å². The number of aromatic carboxylic acids is 1. The minimum Gasteiger partial charge on any atom is -0.478 e. The second-order valence-corrected chi connectivity index (χ2v) is 5.42. The van der Waals surface area contributed by atoms with Crippen LogP contribution in [0, 0.1) is 5.41 Å². The molecule has 0 spiro atoms. The molecule has 0 aliphatic heterocycles. The highest BCUT2D eigenvalue weighted by atomic mass is 79.9. The first kappa shape index (κ1) is 12.4. The van der Waals surface area contributed by atoms with E-state index in [1.807, 2.05) is 0 Å². The Morgan fingerprint density at radius 2 is 2.18 bits per heavy atom. The van der Waals surface area contributed by atoms with Gasteiger partial charge in [0.05, 0.1) is 12.2 Å². The molecule has 4 nitrogen and oxygen atoms in total. The lowest BCUT2D eigenvalue weighted by atomic mass is 10.1. The summed E-state index contributed by atoms with van der Waals surface area (Å²) in [4.78, 5) is 11.0. The lowest BCUT2D eigenvalue weighted by Crippen LogP contribution is -2.20. The van der Waals surface area contributed by atoms with Crippen LogP contribution in [0.4, 0.5) is 5.69 Å². The fourth-order valence-corrected chi connectivity index (χ4v) is 2.06. The fraction of sp³-hybridized carbons (Fsp3) is 0.417. The van der Waals surface area contributed by atoms with Gasteiger partial charge in [0.1, 0.15) is 0 Å². The molecule has 5 heteroatoms. The smallest absolute Gasteiger partial charge is 0.337 e. The molecular weight excluding hydrogens is 286 g/mol. The van der Waals surface area contributed by atoms with E-state index >= 15 is 0 Å². The van der Waals surface area contributed by atoms with Crippen LogP contribution in [0.5, 0.6) is 0 Å². The zero-order valence-corrected chi connectivity index (χ0v) is 10.8. The number of anilines is 1. The van der Waals surface area contributed by atoms with E-state index in [0.717, 1.165) is 17.3 Å². The number of carboxylic acid groups (broad SMARTS) is 1. The number of benzene rings is 1. The van der Waals surface area contributed by atoms with Crippen molar-refractivity contribution >= 4 is 27.6 Å². The number of aliphatic hydroxyl groups excluding tert-OH is 1. The molecule has 17 heavy (non-hydrogen) atoms. The zero-order chi connectivity index (χ0) is 12.5. The van der Waals surface area contributed by atoms with E-state index in [9.17, 15) is 9.90 Å². The van der Waals surface area contributed by atoms with Gasteiger partial charge in [-0.2, -0.15) is 0 Å². The molecular formula is C12H14BrNO3. The van der Waals surface area contributed by atoms with Gasteiger partial charge in [-0.15, -0.1) is 0 Å². The summed E-state index contributed by atoms with van der Waals surface area (Å²) in [6.45, 7) is 0.761. The maximum absolute atomic E-state index is 11.0. The molecule has 0 heterocycles. The third-order valence-corrected chi connectivity index (χ3v) is 3.65. The van der Waals surface area contributed by atoms with Crippen LogP contribution < -0.4 is 5.32 Å². The predicted octanol–water partition coefficient (Wildman–Crippen LogP) is 2.33. The maximum Gasteiger partial charge on any atom is 0.337 e. The van der Waals surface area contributed by atoms with Crippen molar-refractivity contribution in [1.29, 1.82) is 0 Å². The van der Waals surface area contributed by atoms with Gasteiger partial charge in [0, 0.05) is 22.1 Å². The number of nitrogens with one attached hydrogen (secondary N) is 1. The molecule has 1 saturated carbocycles. The molecule has 0 saturated heterocycles. The summed E-state index contributed by atoms with van der Waals surface area (Å²) in [5.74, 6) is -0.950. The highest BCUT2D eigenvalue weighted by molar-refractivity contribution is 9.10. The topological polar surface area (TPSA) is 69.6 Å². The molecule has 1 aliphatic rings. The Bertz CT molecular complexity index is 443. The van der Waals surface area contributed by atoms with E-state index in [2.05, 4.69) is 21.2 Å². The van der Waals surface area contributed by atoms with Crippen molar-refractivity contribution in [1.82, 2.24) is 0 Å². The first-order chi connectivity index (χ1) is 8.06. The van der Waals surface area contributed by atoms with Crippen molar-refractivity contribution in [2.75, 3.05) is 18.5 Å². The Labute approximate surface area is 108 Å². The molecule has 0 aromatic heterocycles. The highest BCUT2D eigenvalue weighted by Gasteiger charge is 2.41. The molecule has 2 rings (SSSR count). The SMILES string of the molecule is O=C(O)c1ccc(Br)cc1NCC1(CO)CC1. The molecule has 0 bridgehead atoms. The Morgan fingerprint density at radius 1 is 1.47 bits per heavy atom. The molecule has 1 aromatic carbocycles. The molecule has 92 valence electrons. The molecule has 1 aromatic rings. The van der Waals surface area contributed by atoms with Crippen LogP contribution in [0.25, 0.3) is 0 Å². The standard InChI is InChI=1S/C12H14BrNO3/c13-8-1-2-9(11(16)17)10(5-8)14-6-12(7-15)3-4-12/h1-2,5,14-15H,3-4,6-7H2,(H,16,17). The predicted molar refractivity (Wildman–Crippen MR) is 68.3 cm³/mol. The molecule has 1 aliphatic carbocycles. The van der Waals surface area contributed by atoms with Crippen molar-refractivity contribution in [3.63, 3.8) is 0 Å². The van der Waals surface area contributed by atoms with Crippen LogP contribution in [-0.4, -0.2) is 29.3 Å². The molecule has 0 unspecified atom stereocenters. The van der Waals surface area contributed by atoms with Crippen molar-refractivity contribution in [3.8, 4) is 0 Å². The number of carboxylic acids is 1. The lowest BCUT2D eigenvalue weighted by molar-refractivity contribution is 0.0698. The zero-order valence-electron chi connectivity index (χ0n) is 9.24. The minimum absolute atomic E-state index is 0.0436. The third kappa shape index (κ3) is 2.79. The van der Waals surface area contributed by atoms with Crippen molar-refractivity contribution in [3.05, 3.63) is 28.2 Å². The van der Waals surface area contributed by atoms with E-state index in [1.165, 1.54) is 0 Å². The van der Waals surface area contributed by atoms with Gasteiger partial charge < -0.3 is 15.5 Å². The van der Waals surface area contributed by atoms with Crippen LogP contribution >= 0.6 is 15.9 Å². The average Bonchev–Trinajstić information content (AvgIpc) is 3.07. The summed E-state index contributed by atoms with van der Waals surface area (Å²) in [5.41, 5.74) is 0.798. The summed E-state index contributed by atoms with van der Waals surface area (Å²) in [7, 11) is 0. The normalized spacial score (nSPS) is 16.6. The molecule has 0 atom stereocenters. The summed E-state index contributed by atoms with van der Waals surface area (Å²) < 4.78 is 0.832. The first-order valence-corrected chi connectivity index (χ1v) is 6.23. The second kappa shape index (κ2) is 4.66. The molecule has 0 radical (unpaired) electrons. The average molecular weight is 300 g/mol. The van der Waals surface area contributed by atoms with E-state index in [4.69, 9.17) is 5.11 Å². The van der Waals surface area contributed by atoms with Crippen molar-refractivity contribution < 1.29 is 15.0 Å². The van der Waals surface area contributed by atoms with Gasteiger partial charge >= 0.3 is 5.97 Å². The van der Waals surface area contributed by atoms with Gasteiger partial charge in [-0.1, -0.05) is 15.9 Å². The van der Waals surface area contributed by atoms with E-state index in [-0.39, 0.29) is 17.6 Å². The molecule has 0 amide bonds. The number of hydrogen-bond donors (Lipinski definition) is 3. The van der Waals surface area contributed by atoms with E-state index < -0.39 is 5.97 Å². The quantitative estimate of drug-likeness (QED) is 0.780. The number of rotatable bonds is 5. The third-order valence-electron chi connectivity index (χ3n) is 3.16. The van der Waals surface area contributed by atoms with Gasteiger partial charge in [0.25, 0.3) is 0 Å². The summed E-state index contributed by atoms with van der Waals surface area (Å²) in [6.07, 6.45) is 1.99. The Balaban J connectivity index is 2.13. The van der Waals surface area contributed by atoms with Gasteiger partial charge in [-0.3, -0.25) is 0 Å². The van der Waals surface area contributed by atoms with Gasteiger partial charge in [0.2, 0.25) is 0 Å². The first-order valence-electron chi connectivity index (χ1n) is 5.44. The van der Waals surface area contributed by atoms with E-state index in [1.54, 1.807) is 18.2 Å². The molecule has 1 fully saturated rings. The number of hydrogen-bond acceptors (Lipinski definition) is 3. The van der Waals surface area contributed by atoms with Crippen LogP contribution in [-0.2, 0) is 0 Å². The Kier molecular flexibility index (Phi) is 3.40. The lowest BCUT2D eigenvalue weighted by Gasteiger charge is -2.15. The maximum atomic E-state index is 11.0. The summed E-state index contributed by atoms with van der Waals surface area (Å²) >= 11 is 3.32. The van der Waals surface area contributed by atoms with Crippen LogP contribution in [0.2, 0.25) is 0 Å². The fourth-order valence-electron chi connectivity index (χ4n) is 1.70. The van der Waals surface area contributed by atoms with E-state index in [0.29, 0.717) is 12.2 Å². The summed E-state index contributed by atoms with van der Waals surface area (Å²) in [6, 6.07) is 5.01. The number of halogens is 1. The number of aliphatic hydroxyl groups is 1.